The number of aryl methyl sites for hydroxylation is 1. The smallest absolute Gasteiger partial charge is 0.332 e. The molecule has 1 aromatic heterocycles. The van der Waals surface area contributed by atoms with Gasteiger partial charge < -0.3 is 10.0 Å². The number of nitro groups is 1. The molecule has 9 nitrogen and oxygen atoms in total. The van der Waals surface area contributed by atoms with Gasteiger partial charge in [0.25, 0.3) is 0 Å². The Labute approximate surface area is 110 Å². The maximum Gasteiger partial charge on any atom is 0.332 e. The number of nitrogens with two attached hydrogens (primary N) is 1. The highest BCUT2D eigenvalue weighted by Gasteiger charge is 2.25. The summed E-state index contributed by atoms with van der Waals surface area (Å²) in [4.78, 5) is 20.2. The van der Waals surface area contributed by atoms with Crippen molar-refractivity contribution in [1.29, 1.82) is 0 Å². The van der Waals surface area contributed by atoms with Gasteiger partial charge in [0, 0.05) is 13.1 Å². The van der Waals surface area contributed by atoms with E-state index in [0.717, 1.165) is 6.42 Å². The number of nitrogens with one attached hydrogen (secondary N) is 1. The van der Waals surface area contributed by atoms with Crippen LogP contribution in [0.3, 0.4) is 0 Å². The molecule has 0 saturated carbocycles. The molecule has 0 fully saturated rings. The van der Waals surface area contributed by atoms with Crippen LogP contribution in [0.25, 0.3) is 0 Å². The maximum absolute atomic E-state index is 11.1. The molecular formula is C10H18N6O3. The van der Waals surface area contributed by atoms with Gasteiger partial charge in [-0.25, -0.2) is 10.8 Å². The topological polar surface area (TPSA) is 130 Å². The summed E-state index contributed by atoms with van der Waals surface area (Å²) >= 11 is 0. The van der Waals surface area contributed by atoms with E-state index in [-0.39, 0.29) is 36.3 Å². The van der Waals surface area contributed by atoms with Crippen LogP contribution in [0.1, 0.15) is 19.0 Å². The van der Waals surface area contributed by atoms with Gasteiger partial charge in [0.2, 0.25) is 11.8 Å². The van der Waals surface area contributed by atoms with Crippen LogP contribution in [0.2, 0.25) is 0 Å². The largest absolute Gasteiger partial charge is 0.395 e. The molecule has 0 amide bonds. The molecule has 1 rings (SSSR count). The van der Waals surface area contributed by atoms with Crippen molar-refractivity contribution in [2.75, 3.05) is 30.0 Å². The predicted octanol–water partition coefficient (Wildman–Crippen LogP) is 0.188. The quantitative estimate of drug-likeness (QED) is 0.363. The number of hydrogen-bond donors (Lipinski definition) is 3. The van der Waals surface area contributed by atoms with E-state index in [1.165, 1.54) is 6.92 Å². The molecule has 9 heteroatoms. The lowest BCUT2D eigenvalue weighted by molar-refractivity contribution is -0.385. The number of rotatable bonds is 7. The number of aliphatic hydroxyl groups excluding tert-OH is 1. The van der Waals surface area contributed by atoms with Crippen molar-refractivity contribution >= 4 is 17.5 Å². The third-order valence-corrected chi connectivity index (χ3v) is 2.51. The second-order valence-electron chi connectivity index (χ2n) is 3.92. The summed E-state index contributed by atoms with van der Waals surface area (Å²) < 4.78 is 0. The zero-order chi connectivity index (χ0) is 14.4. The number of anilines is 2. The number of nitrogens with zero attached hydrogens (tertiary/aromatic N) is 4. The third kappa shape index (κ3) is 3.48. The molecule has 0 bridgehead atoms. The van der Waals surface area contributed by atoms with E-state index in [4.69, 9.17) is 10.9 Å². The number of aliphatic hydroxyl groups is 1. The molecule has 106 valence electrons. The van der Waals surface area contributed by atoms with Crippen LogP contribution in [0.5, 0.6) is 0 Å². The first-order chi connectivity index (χ1) is 9.04. The fraction of sp³-hybridized carbons (Fsp3) is 0.600. The summed E-state index contributed by atoms with van der Waals surface area (Å²) in [6, 6.07) is 0. The highest BCUT2D eigenvalue weighted by atomic mass is 16.6. The lowest BCUT2D eigenvalue weighted by Gasteiger charge is -2.22. The number of aromatic nitrogens is 2. The SMILES string of the molecule is CCCN(CCO)c1nc(NN)nc(C)c1[N+](=O)[O-]. The Morgan fingerprint density at radius 1 is 1.47 bits per heavy atom. The molecule has 0 aliphatic rings. The normalized spacial score (nSPS) is 10.3. The average Bonchev–Trinajstić information content (AvgIpc) is 2.36. The van der Waals surface area contributed by atoms with E-state index in [0.29, 0.717) is 6.54 Å². The Bertz CT molecular complexity index is 447. The van der Waals surface area contributed by atoms with Crippen molar-refractivity contribution < 1.29 is 10.0 Å². The molecule has 0 saturated heterocycles. The Balaban J connectivity index is 3.34. The molecule has 0 aromatic carbocycles. The Kier molecular flexibility index (Phi) is 5.39. The minimum atomic E-state index is -0.523. The zero-order valence-corrected chi connectivity index (χ0v) is 11.0. The molecule has 1 heterocycles. The van der Waals surface area contributed by atoms with E-state index in [2.05, 4.69) is 15.4 Å². The van der Waals surface area contributed by atoms with Crippen LogP contribution in [-0.2, 0) is 0 Å². The predicted molar refractivity (Wildman–Crippen MR) is 70.8 cm³/mol. The number of hydrogen-bond acceptors (Lipinski definition) is 8. The van der Waals surface area contributed by atoms with E-state index in [1.54, 1.807) is 4.90 Å². The number of nitrogen functional groups attached to an aromatic ring is 1. The highest BCUT2D eigenvalue weighted by molar-refractivity contribution is 5.62. The van der Waals surface area contributed by atoms with Gasteiger partial charge >= 0.3 is 5.69 Å². The van der Waals surface area contributed by atoms with Crippen LogP contribution < -0.4 is 16.2 Å². The summed E-state index contributed by atoms with van der Waals surface area (Å²) in [7, 11) is 0. The second-order valence-corrected chi connectivity index (χ2v) is 3.92. The first kappa shape index (κ1) is 15.1. The molecule has 0 radical (unpaired) electrons. The first-order valence-electron chi connectivity index (χ1n) is 5.90. The van der Waals surface area contributed by atoms with Gasteiger partial charge in [-0.1, -0.05) is 6.92 Å². The van der Waals surface area contributed by atoms with Crippen LogP contribution in [0.4, 0.5) is 17.5 Å². The molecule has 0 aliphatic carbocycles. The summed E-state index contributed by atoms with van der Waals surface area (Å²) in [5.41, 5.74) is 2.34. The van der Waals surface area contributed by atoms with Gasteiger partial charge in [-0.05, 0) is 13.3 Å². The minimum Gasteiger partial charge on any atom is -0.395 e. The molecular weight excluding hydrogens is 252 g/mol. The van der Waals surface area contributed by atoms with E-state index in [1.807, 2.05) is 6.92 Å². The van der Waals surface area contributed by atoms with Crippen LogP contribution >= 0.6 is 0 Å². The van der Waals surface area contributed by atoms with Crippen molar-refractivity contribution in [2.45, 2.75) is 20.3 Å². The fourth-order valence-corrected chi connectivity index (χ4v) is 1.76. The van der Waals surface area contributed by atoms with Crippen molar-refractivity contribution in [3.8, 4) is 0 Å². The van der Waals surface area contributed by atoms with Crippen LogP contribution in [-0.4, -0.2) is 39.7 Å². The summed E-state index contributed by atoms with van der Waals surface area (Å²) in [6.45, 7) is 4.14. The molecule has 1 aromatic rings. The summed E-state index contributed by atoms with van der Waals surface area (Å²) in [6.07, 6.45) is 0.769. The lowest BCUT2D eigenvalue weighted by Crippen LogP contribution is -2.30. The van der Waals surface area contributed by atoms with Gasteiger partial charge in [0.15, 0.2) is 0 Å². The molecule has 0 spiro atoms. The van der Waals surface area contributed by atoms with E-state index >= 15 is 0 Å². The van der Waals surface area contributed by atoms with Gasteiger partial charge in [0.05, 0.1) is 11.5 Å². The van der Waals surface area contributed by atoms with Crippen molar-refractivity contribution in [3.63, 3.8) is 0 Å². The van der Waals surface area contributed by atoms with Crippen LogP contribution in [0.15, 0.2) is 0 Å². The van der Waals surface area contributed by atoms with Crippen molar-refractivity contribution in [2.24, 2.45) is 5.84 Å². The zero-order valence-electron chi connectivity index (χ0n) is 11.0. The average molecular weight is 270 g/mol. The fourth-order valence-electron chi connectivity index (χ4n) is 1.76. The monoisotopic (exact) mass is 270 g/mol. The summed E-state index contributed by atoms with van der Waals surface area (Å²) in [5.74, 6) is 5.53. The Morgan fingerprint density at radius 3 is 2.63 bits per heavy atom. The molecule has 19 heavy (non-hydrogen) atoms. The molecule has 0 unspecified atom stereocenters. The number of hydrazine groups is 1. The maximum atomic E-state index is 11.1. The minimum absolute atomic E-state index is 0.108. The summed E-state index contributed by atoms with van der Waals surface area (Å²) in [5, 5.41) is 20.2. The molecule has 0 aliphatic heterocycles. The van der Waals surface area contributed by atoms with E-state index in [9.17, 15) is 10.1 Å². The Morgan fingerprint density at radius 2 is 2.16 bits per heavy atom. The van der Waals surface area contributed by atoms with Gasteiger partial charge in [-0.3, -0.25) is 15.5 Å². The highest BCUT2D eigenvalue weighted by Crippen LogP contribution is 2.29. The molecule has 0 atom stereocenters. The Hall–Kier alpha value is -2.00. The van der Waals surface area contributed by atoms with Gasteiger partial charge in [-0.2, -0.15) is 4.98 Å². The van der Waals surface area contributed by atoms with Gasteiger partial charge in [0.1, 0.15) is 5.69 Å². The van der Waals surface area contributed by atoms with Crippen LogP contribution in [0, 0.1) is 17.0 Å². The van der Waals surface area contributed by atoms with Crippen molar-refractivity contribution in [3.05, 3.63) is 15.8 Å². The van der Waals surface area contributed by atoms with Gasteiger partial charge in [-0.15, -0.1) is 0 Å². The third-order valence-electron chi connectivity index (χ3n) is 2.51. The van der Waals surface area contributed by atoms with Crippen molar-refractivity contribution in [1.82, 2.24) is 9.97 Å². The standard InChI is InChI=1S/C10H18N6O3/c1-3-4-15(5-6-17)9-8(16(18)19)7(2)12-10(13-9)14-11/h17H,3-6,11H2,1-2H3,(H,12,13,14). The first-order valence-corrected chi connectivity index (χ1v) is 5.90. The second kappa shape index (κ2) is 6.81. The lowest BCUT2D eigenvalue weighted by atomic mass is 10.3. The molecule has 4 N–H and O–H groups in total. The van der Waals surface area contributed by atoms with E-state index < -0.39 is 4.92 Å².